The van der Waals surface area contributed by atoms with Crippen molar-refractivity contribution in [1.82, 2.24) is 15.0 Å². The summed E-state index contributed by atoms with van der Waals surface area (Å²) in [5.41, 5.74) is 1.03. The number of halogens is 1. The van der Waals surface area contributed by atoms with Gasteiger partial charge in [-0.05, 0) is 17.7 Å². The Kier molecular flexibility index (Phi) is 6.00. The SMILES string of the molecule is Fc1ccc(CSc2nc(N3CCOCC3)nc(N3CCOCC3)n2)cc1. The van der Waals surface area contributed by atoms with Gasteiger partial charge in [0, 0.05) is 31.9 Å². The van der Waals surface area contributed by atoms with Crippen molar-refractivity contribution in [2.45, 2.75) is 10.9 Å². The Morgan fingerprint density at radius 1 is 0.815 bits per heavy atom. The Hall–Kier alpha value is -1.97. The van der Waals surface area contributed by atoms with Gasteiger partial charge >= 0.3 is 0 Å². The second-order valence-corrected chi connectivity index (χ2v) is 7.27. The van der Waals surface area contributed by atoms with E-state index in [1.165, 1.54) is 23.9 Å². The number of hydrogen-bond acceptors (Lipinski definition) is 8. The van der Waals surface area contributed by atoms with E-state index in [1.54, 1.807) is 12.1 Å². The van der Waals surface area contributed by atoms with Crippen molar-refractivity contribution in [2.75, 3.05) is 62.4 Å². The van der Waals surface area contributed by atoms with Crippen LogP contribution in [0.25, 0.3) is 0 Å². The third-order valence-electron chi connectivity index (χ3n) is 4.46. The number of hydrogen-bond donors (Lipinski definition) is 0. The number of nitrogens with zero attached hydrogens (tertiary/aromatic N) is 5. The number of benzene rings is 1. The molecule has 0 amide bonds. The lowest BCUT2D eigenvalue weighted by molar-refractivity contribution is 0.121. The molecular formula is C18H22FN5O2S. The lowest BCUT2D eigenvalue weighted by Crippen LogP contribution is -2.40. The molecule has 7 nitrogen and oxygen atoms in total. The zero-order valence-electron chi connectivity index (χ0n) is 15.0. The van der Waals surface area contributed by atoms with E-state index in [-0.39, 0.29) is 5.82 Å². The first-order valence-corrected chi connectivity index (χ1v) is 10.1. The van der Waals surface area contributed by atoms with Crippen molar-refractivity contribution >= 4 is 23.7 Å². The Balaban J connectivity index is 1.55. The van der Waals surface area contributed by atoms with Gasteiger partial charge in [0.1, 0.15) is 5.82 Å². The molecule has 0 bridgehead atoms. The molecule has 0 radical (unpaired) electrons. The number of thioether (sulfide) groups is 1. The second-order valence-electron chi connectivity index (χ2n) is 6.33. The van der Waals surface area contributed by atoms with E-state index in [0.717, 1.165) is 31.7 Å². The second kappa shape index (κ2) is 8.81. The van der Waals surface area contributed by atoms with Gasteiger partial charge in [-0.15, -0.1) is 0 Å². The minimum Gasteiger partial charge on any atom is -0.378 e. The molecule has 1 aromatic heterocycles. The van der Waals surface area contributed by atoms with E-state index in [1.807, 2.05) is 0 Å². The number of morpholine rings is 2. The number of rotatable bonds is 5. The van der Waals surface area contributed by atoms with E-state index >= 15 is 0 Å². The molecule has 2 saturated heterocycles. The molecule has 2 aromatic rings. The van der Waals surface area contributed by atoms with Crippen LogP contribution >= 0.6 is 11.8 Å². The van der Waals surface area contributed by atoms with Crippen LogP contribution in [0.4, 0.5) is 16.3 Å². The van der Waals surface area contributed by atoms with Crippen molar-refractivity contribution in [3.8, 4) is 0 Å². The van der Waals surface area contributed by atoms with Crippen molar-refractivity contribution in [3.05, 3.63) is 35.6 Å². The summed E-state index contributed by atoms with van der Waals surface area (Å²) < 4.78 is 24.0. The van der Waals surface area contributed by atoms with E-state index in [2.05, 4.69) is 19.8 Å². The van der Waals surface area contributed by atoms with E-state index in [9.17, 15) is 4.39 Å². The average molecular weight is 391 g/mol. The van der Waals surface area contributed by atoms with Crippen molar-refractivity contribution in [2.24, 2.45) is 0 Å². The zero-order chi connectivity index (χ0) is 18.5. The van der Waals surface area contributed by atoms with Gasteiger partial charge in [0.05, 0.1) is 26.4 Å². The van der Waals surface area contributed by atoms with Crippen LogP contribution in [0, 0.1) is 5.82 Å². The van der Waals surface area contributed by atoms with Crippen LogP contribution in [0.2, 0.25) is 0 Å². The molecular weight excluding hydrogens is 369 g/mol. The highest BCUT2D eigenvalue weighted by Crippen LogP contribution is 2.24. The Morgan fingerprint density at radius 3 is 1.85 bits per heavy atom. The van der Waals surface area contributed by atoms with Crippen molar-refractivity contribution < 1.29 is 13.9 Å². The zero-order valence-corrected chi connectivity index (χ0v) is 15.8. The summed E-state index contributed by atoms with van der Waals surface area (Å²) in [5, 5.41) is 0.678. The van der Waals surface area contributed by atoms with Gasteiger partial charge in [-0.25, -0.2) is 4.39 Å². The molecule has 1 aromatic carbocycles. The molecule has 0 saturated carbocycles. The Morgan fingerprint density at radius 2 is 1.33 bits per heavy atom. The van der Waals surface area contributed by atoms with Crippen LogP contribution in [0.3, 0.4) is 0 Å². The molecule has 0 N–H and O–H groups in total. The normalized spacial score (nSPS) is 18.0. The minimum atomic E-state index is -0.229. The fourth-order valence-corrected chi connectivity index (χ4v) is 3.72. The maximum absolute atomic E-state index is 13.1. The summed E-state index contributed by atoms with van der Waals surface area (Å²) in [6.07, 6.45) is 0. The number of aromatic nitrogens is 3. The van der Waals surface area contributed by atoms with E-state index < -0.39 is 0 Å². The van der Waals surface area contributed by atoms with Crippen LogP contribution in [0.15, 0.2) is 29.4 Å². The third-order valence-corrected chi connectivity index (χ3v) is 5.38. The topological polar surface area (TPSA) is 63.6 Å². The average Bonchev–Trinajstić information content (AvgIpc) is 2.74. The molecule has 9 heteroatoms. The van der Waals surface area contributed by atoms with Crippen LogP contribution in [0.5, 0.6) is 0 Å². The first-order valence-electron chi connectivity index (χ1n) is 9.07. The van der Waals surface area contributed by atoms with Gasteiger partial charge in [-0.2, -0.15) is 15.0 Å². The fraction of sp³-hybridized carbons (Fsp3) is 0.500. The maximum Gasteiger partial charge on any atom is 0.231 e. The van der Waals surface area contributed by atoms with Crippen LogP contribution in [-0.4, -0.2) is 67.6 Å². The third kappa shape index (κ3) is 4.85. The van der Waals surface area contributed by atoms with Gasteiger partial charge < -0.3 is 19.3 Å². The molecule has 0 aliphatic carbocycles. The summed E-state index contributed by atoms with van der Waals surface area (Å²) in [4.78, 5) is 18.3. The number of ether oxygens (including phenoxy) is 2. The molecule has 0 atom stereocenters. The standard InChI is InChI=1S/C18H22FN5O2S/c19-15-3-1-14(2-4-15)13-27-18-21-16(23-5-9-25-10-6-23)20-17(22-18)24-7-11-26-12-8-24/h1-4H,5-13H2. The highest BCUT2D eigenvalue weighted by atomic mass is 32.2. The van der Waals surface area contributed by atoms with Crippen LogP contribution < -0.4 is 9.80 Å². The maximum atomic E-state index is 13.1. The summed E-state index contributed by atoms with van der Waals surface area (Å²) in [6, 6.07) is 6.52. The van der Waals surface area contributed by atoms with Crippen molar-refractivity contribution in [3.63, 3.8) is 0 Å². The predicted molar refractivity (Wildman–Crippen MR) is 102 cm³/mol. The van der Waals surface area contributed by atoms with E-state index in [4.69, 9.17) is 14.5 Å². The smallest absolute Gasteiger partial charge is 0.231 e. The number of anilines is 2. The van der Waals surface area contributed by atoms with Gasteiger partial charge in [-0.1, -0.05) is 23.9 Å². The van der Waals surface area contributed by atoms with Crippen LogP contribution in [0.1, 0.15) is 5.56 Å². The molecule has 144 valence electrons. The molecule has 2 aliphatic heterocycles. The van der Waals surface area contributed by atoms with Gasteiger partial charge in [0.25, 0.3) is 0 Å². The molecule has 0 spiro atoms. The molecule has 2 fully saturated rings. The summed E-state index contributed by atoms with van der Waals surface area (Å²) >= 11 is 1.54. The Bertz CT molecular complexity index is 716. The molecule has 0 unspecified atom stereocenters. The first kappa shape index (κ1) is 18.4. The summed E-state index contributed by atoms with van der Waals surface area (Å²) in [7, 11) is 0. The van der Waals surface area contributed by atoms with Crippen molar-refractivity contribution in [1.29, 1.82) is 0 Å². The van der Waals surface area contributed by atoms with Gasteiger partial charge in [0.15, 0.2) is 5.16 Å². The lowest BCUT2D eigenvalue weighted by Gasteiger charge is -2.30. The van der Waals surface area contributed by atoms with Gasteiger partial charge in [0.2, 0.25) is 11.9 Å². The minimum absolute atomic E-state index is 0.229. The van der Waals surface area contributed by atoms with Gasteiger partial charge in [-0.3, -0.25) is 0 Å². The first-order chi connectivity index (χ1) is 13.3. The fourth-order valence-electron chi connectivity index (χ4n) is 2.94. The Labute approximate surface area is 161 Å². The largest absolute Gasteiger partial charge is 0.378 e. The highest BCUT2D eigenvalue weighted by molar-refractivity contribution is 7.98. The predicted octanol–water partition coefficient (Wildman–Crippen LogP) is 1.98. The molecule has 3 heterocycles. The summed E-state index contributed by atoms with van der Waals surface area (Å²) in [5.74, 6) is 1.83. The highest BCUT2D eigenvalue weighted by Gasteiger charge is 2.20. The van der Waals surface area contributed by atoms with E-state index in [0.29, 0.717) is 49.2 Å². The van der Waals surface area contributed by atoms with Crippen LogP contribution in [-0.2, 0) is 15.2 Å². The lowest BCUT2D eigenvalue weighted by atomic mass is 10.2. The monoisotopic (exact) mass is 391 g/mol. The quantitative estimate of drug-likeness (QED) is 0.717. The summed E-state index contributed by atoms with van der Waals surface area (Å²) in [6.45, 7) is 5.80. The molecule has 4 rings (SSSR count). The molecule has 27 heavy (non-hydrogen) atoms. The molecule has 2 aliphatic rings.